The maximum atomic E-state index is 10.8. The first kappa shape index (κ1) is 11.5. The second-order valence-electron chi connectivity index (χ2n) is 4.23. The van der Waals surface area contributed by atoms with E-state index < -0.39 is 11.0 Å². The Morgan fingerprint density at radius 2 is 2.19 bits per heavy atom. The molecule has 16 heavy (non-hydrogen) atoms. The third-order valence-corrected chi connectivity index (χ3v) is 4.13. The minimum Gasteiger partial charge on any atom is -0.392 e. The molecule has 1 fully saturated rings. The van der Waals surface area contributed by atoms with E-state index in [4.69, 9.17) is 0 Å². The number of halogens is 1. The van der Waals surface area contributed by atoms with Gasteiger partial charge in [0.1, 0.15) is 0 Å². The van der Waals surface area contributed by atoms with Gasteiger partial charge in [-0.05, 0) is 41.3 Å². The number of nitro groups is 1. The molecular formula is C11H12BrNO3. The van der Waals surface area contributed by atoms with Crippen molar-refractivity contribution in [2.75, 3.05) is 0 Å². The van der Waals surface area contributed by atoms with Gasteiger partial charge in [0, 0.05) is 11.5 Å². The van der Waals surface area contributed by atoms with Gasteiger partial charge >= 0.3 is 0 Å². The van der Waals surface area contributed by atoms with Crippen LogP contribution in [-0.4, -0.2) is 16.1 Å². The highest BCUT2D eigenvalue weighted by Gasteiger charge is 2.50. The Balaban J connectivity index is 2.51. The number of aliphatic hydroxyl groups excluding tert-OH is 1. The number of hydrogen-bond acceptors (Lipinski definition) is 3. The minimum absolute atomic E-state index is 0.0597. The summed E-state index contributed by atoms with van der Waals surface area (Å²) in [7, 11) is 0. The van der Waals surface area contributed by atoms with E-state index in [1.807, 2.05) is 6.07 Å². The number of benzene rings is 1. The van der Waals surface area contributed by atoms with Crippen molar-refractivity contribution in [1.29, 1.82) is 0 Å². The van der Waals surface area contributed by atoms with E-state index in [0.717, 1.165) is 18.4 Å². The van der Waals surface area contributed by atoms with Gasteiger partial charge in [0.05, 0.1) is 15.5 Å². The smallest absolute Gasteiger partial charge is 0.283 e. The van der Waals surface area contributed by atoms with E-state index in [9.17, 15) is 15.2 Å². The zero-order valence-electron chi connectivity index (χ0n) is 8.81. The summed E-state index contributed by atoms with van der Waals surface area (Å²) < 4.78 is 0.499. The van der Waals surface area contributed by atoms with Crippen LogP contribution in [0, 0.1) is 10.1 Å². The third kappa shape index (κ3) is 1.64. The lowest BCUT2D eigenvalue weighted by atomic mass is 9.90. The van der Waals surface area contributed by atoms with Crippen LogP contribution < -0.4 is 0 Å². The van der Waals surface area contributed by atoms with Gasteiger partial charge in [0.25, 0.3) is 5.69 Å². The van der Waals surface area contributed by atoms with Crippen molar-refractivity contribution in [3.8, 4) is 0 Å². The van der Waals surface area contributed by atoms with Gasteiger partial charge in [-0.2, -0.15) is 0 Å². The summed E-state index contributed by atoms with van der Waals surface area (Å²) >= 11 is 3.27. The van der Waals surface area contributed by atoms with Gasteiger partial charge < -0.3 is 5.11 Å². The zero-order valence-corrected chi connectivity index (χ0v) is 10.4. The van der Waals surface area contributed by atoms with Crippen LogP contribution in [-0.2, 0) is 5.41 Å². The number of nitrogens with zero attached hydrogens (tertiary/aromatic N) is 1. The van der Waals surface area contributed by atoms with Gasteiger partial charge in [-0.3, -0.25) is 10.1 Å². The summed E-state index contributed by atoms with van der Waals surface area (Å²) in [5.74, 6) is 0. The lowest BCUT2D eigenvalue weighted by Gasteiger charge is -2.20. The van der Waals surface area contributed by atoms with Crippen molar-refractivity contribution in [2.24, 2.45) is 0 Å². The van der Waals surface area contributed by atoms with Crippen LogP contribution in [0.25, 0.3) is 0 Å². The predicted molar refractivity (Wildman–Crippen MR) is 63.4 cm³/mol. The summed E-state index contributed by atoms with van der Waals surface area (Å²) in [6, 6.07) is 4.98. The summed E-state index contributed by atoms with van der Waals surface area (Å²) in [6.07, 6.45) is 1.28. The molecule has 0 spiro atoms. The molecule has 1 N–H and O–H groups in total. The molecule has 86 valence electrons. The van der Waals surface area contributed by atoms with Gasteiger partial charge in [-0.25, -0.2) is 0 Å². The summed E-state index contributed by atoms with van der Waals surface area (Å²) in [5.41, 5.74) is 0.617. The van der Waals surface area contributed by atoms with Crippen LogP contribution in [0.1, 0.15) is 25.3 Å². The highest BCUT2D eigenvalue weighted by Crippen LogP contribution is 2.54. The first-order valence-corrected chi connectivity index (χ1v) is 5.90. The number of hydrogen-bond donors (Lipinski definition) is 1. The van der Waals surface area contributed by atoms with Crippen molar-refractivity contribution in [1.82, 2.24) is 0 Å². The number of rotatable bonds is 3. The first-order chi connectivity index (χ1) is 7.49. The molecule has 1 aromatic carbocycles. The molecule has 2 rings (SSSR count). The highest BCUT2D eigenvalue weighted by atomic mass is 79.9. The van der Waals surface area contributed by atoms with Gasteiger partial charge in [-0.15, -0.1) is 0 Å². The van der Waals surface area contributed by atoms with E-state index in [1.165, 1.54) is 6.07 Å². The molecule has 0 radical (unpaired) electrons. The Labute approximate surface area is 102 Å². The monoisotopic (exact) mass is 285 g/mol. The Morgan fingerprint density at radius 3 is 2.62 bits per heavy atom. The Kier molecular flexibility index (Phi) is 2.75. The topological polar surface area (TPSA) is 63.4 Å². The van der Waals surface area contributed by atoms with Crippen LogP contribution in [0.15, 0.2) is 22.7 Å². The second-order valence-corrected chi connectivity index (χ2v) is 5.02. The van der Waals surface area contributed by atoms with Gasteiger partial charge in [0.15, 0.2) is 0 Å². The van der Waals surface area contributed by atoms with Crippen molar-refractivity contribution in [3.63, 3.8) is 0 Å². The SMILES string of the molecule is CC(O)C1(c2cccc([N+](=O)[O-])c2Br)CC1. The Hall–Kier alpha value is -0.940. The second kappa shape index (κ2) is 3.82. The van der Waals surface area contributed by atoms with E-state index in [0.29, 0.717) is 4.47 Å². The quantitative estimate of drug-likeness (QED) is 0.686. The highest BCUT2D eigenvalue weighted by molar-refractivity contribution is 9.10. The van der Waals surface area contributed by atoms with Crippen molar-refractivity contribution in [2.45, 2.75) is 31.3 Å². The fourth-order valence-corrected chi connectivity index (χ4v) is 2.90. The molecule has 0 bridgehead atoms. The van der Waals surface area contributed by atoms with E-state index in [1.54, 1.807) is 13.0 Å². The molecule has 5 heteroatoms. The molecule has 4 nitrogen and oxygen atoms in total. The summed E-state index contributed by atoms with van der Waals surface area (Å²) in [5, 5.41) is 20.6. The minimum atomic E-state index is -0.481. The molecule has 1 atom stereocenters. The van der Waals surface area contributed by atoms with Crippen molar-refractivity contribution >= 4 is 21.6 Å². The summed E-state index contributed by atoms with van der Waals surface area (Å²) in [4.78, 5) is 10.4. The number of aliphatic hydroxyl groups is 1. The molecule has 1 aromatic rings. The van der Waals surface area contributed by atoms with Crippen LogP contribution in [0.5, 0.6) is 0 Å². The third-order valence-electron chi connectivity index (χ3n) is 3.30. The molecule has 1 unspecified atom stereocenters. The van der Waals surface area contributed by atoms with Crippen LogP contribution >= 0.6 is 15.9 Å². The lowest BCUT2D eigenvalue weighted by Crippen LogP contribution is -2.23. The van der Waals surface area contributed by atoms with Crippen LogP contribution in [0.4, 0.5) is 5.69 Å². The Morgan fingerprint density at radius 1 is 1.56 bits per heavy atom. The van der Waals surface area contributed by atoms with Crippen molar-refractivity contribution < 1.29 is 10.0 Å². The molecule has 0 aliphatic heterocycles. The molecule has 0 aromatic heterocycles. The van der Waals surface area contributed by atoms with Crippen LogP contribution in [0.2, 0.25) is 0 Å². The largest absolute Gasteiger partial charge is 0.392 e. The average molecular weight is 286 g/mol. The van der Waals surface area contributed by atoms with E-state index >= 15 is 0 Å². The Bertz CT molecular complexity index is 441. The normalized spacial score (nSPS) is 19.2. The molecule has 1 aliphatic rings. The van der Waals surface area contributed by atoms with Gasteiger partial charge in [0.2, 0.25) is 0 Å². The molecule has 0 saturated heterocycles. The lowest BCUT2D eigenvalue weighted by molar-refractivity contribution is -0.385. The maximum Gasteiger partial charge on any atom is 0.283 e. The molecule has 0 amide bonds. The number of nitro benzene ring substituents is 1. The molecule has 1 aliphatic carbocycles. The van der Waals surface area contributed by atoms with Crippen LogP contribution in [0.3, 0.4) is 0 Å². The fourth-order valence-electron chi connectivity index (χ4n) is 2.09. The van der Waals surface area contributed by atoms with Gasteiger partial charge in [-0.1, -0.05) is 12.1 Å². The zero-order chi connectivity index (χ0) is 11.9. The molecular weight excluding hydrogens is 274 g/mol. The summed E-state index contributed by atoms with van der Waals surface area (Å²) in [6.45, 7) is 1.73. The van der Waals surface area contributed by atoms with Crippen molar-refractivity contribution in [3.05, 3.63) is 38.3 Å². The maximum absolute atomic E-state index is 10.8. The van der Waals surface area contributed by atoms with E-state index in [-0.39, 0.29) is 11.1 Å². The predicted octanol–water partition coefficient (Wildman–Crippen LogP) is 2.77. The molecule has 0 heterocycles. The fraction of sp³-hybridized carbons (Fsp3) is 0.455. The average Bonchev–Trinajstić information content (AvgIpc) is 2.98. The standard InChI is InChI=1S/C11H12BrNO3/c1-7(14)11(5-6-11)8-3-2-4-9(10(8)12)13(15)16/h2-4,7,14H,5-6H2,1H3. The molecule has 1 saturated carbocycles. The first-order valence-electron chi connectivity index (χ1n) is 5.10. The van der Waals surface area contributed by atoms with E-state index in [2.05, 4.69) is 15.9 Å².